The van der Waals surface area contributed by atoms with Crippen molar-refractivity contribution in [3.8, 4) is 0 Å². The smallest absolute Gasteiger partial charge is 1.00 e. The zero-order chi connectivity index (χ0) is 35.2. The molecule has 4 fully saturated rings. The maximum absolute atomic E-state index is 3.91. The van der Waals surface area contributed by atoms with E-state index in [0.29, 0.717) is 7.92 Å². The van der Waals surface area contributed by atoms with Crippen LogP contribution in [0.1, 0.15) is 159 Å². The average molecular weight is 849 g/mol. The fraction of sp³-hybridized carbons (Fsp3) is 0.587. The molecule has 0 aromatic heterocycles. The van der Waals surface area contributed by atoms with Crippen molar-refractivity contribution < 1.29 is 42.7 Å². The molecule has 2 N–H and O–H groups in total. The molecule has 4 aliphatic carbocycles. The maximum atomic E-state index is 3.91. The molecule has 286 valence electrons. The van der Waals surface area contributed by atoms with Crippen LogP contribution in [-0.2, 0) is 17.9 Å². The molecule has 0 radical (unpaired) electrons. The van der Waals surface area contributed by atoms with Crippen LogP contribution in [0, 0.1) is 41.5 Å². The molecule has 0 bridgehead atoms. The van der Waals surface area contributed by atoms with Gasteiger partial charge in [0.15, 0.2) is 0 Å². The van der Waals surface area contributed by atoms with E-state index in [9.17, 15) is 0 Å². The van der Waals surface area contributed by atoms with E-state index in [1.54, 1.807) is 77.0 Å². The van der Waals surface area contributed by atoms with Gasteiger partial charge in [-0.05, 0) is 55.5 Å². The summed E-state index contributed by atoms with van der Waals surface area (Å²) in [4.78, 5) is 0. The van der Waals surface area contributed by atoms with Gasteiger partial charge >= 0.3 is 197 Å². The Bertz CT molecular complexity index is 1440. The predicted molar refractivity (Wildman–Crippen MR) is 216 cm³/mol. The van der Waals surface area contributed by atoms with Crippen molar-refractivity contribution in [3.63, 3.8) is 0 Å². The van der Waals surface area contributed by atoms with Gasteiger partial charge in [0.1, 0.15) is 0 Å². The minimum absolute atomic E-state index is 0. The first-order valence-electron chi connectivity index (χ1n) is 20.2. The van der Waals surface area contributed by atoms with Crippen LogP contribution in [0.2, 0.25) is 0 Å². The molecule has 52 heavy (non-hydrogen) atoms. The summed E-state index contributed by atoms with van der Waals surface area (Å²) in [5, 5.41) is 7.82. The molecule has 5 aliphatic rings. The molecule has 7 rings (SSSR count). The molecule has 2 aromatic rings. The summed E-state index contributed by atoms with van der Waals surface area (Å²) in [5.41, 5.74) is 17.0. The number of rotatable bonds is 6. The first kappa shape index (κ1) is 43.5. The SMILES string of the molecule is C1CCC(P(C2CCCCC2)C2CCCCC2)CC1.Cc1cc(C)c(C2NC(=C3C=C([CH]=[Ru+2])C=CC3)NC2c2c(C)cc(C)cc2C)c(C)c1.[Cl-].[Cl-]. The molecule has 0 amide bonds. The third-order valence-corrected chi connectivity index (χ3v) is 17.1. The van der Waals surface area contributed by atoms with Gasteiger partial charge in [-0.1, -0.05) is 65.7 Å². The Morgan fingerprint density at radius 1 is 0.577 bits per heavy atom. The van der Waals surface area contributed by atoms with E-state index >= 15 is 0 Å². The first-order valence-corrected chi connectivity index (χ1v) is 22.8. The second-order valence-corrected chi connectivity index (χ2v) is 20.0. The Labute approximate surface area is 341 Å². The van der Waals surface area contributed by atoms with Crippen LogP contribution in [0.5, 0.6) is 0 Å². The number of hydrogen-bond acceptors (Lipinski definition) is 2. The monoisotopic (exact) mass is 848 g/mol. The molecule has 2 atom stereocenters. The molecule has 2 nitrogen and oxygen atoms in total. The summed E-state index contributed by atoms with van der Waals surface area (Å²) < 4.78 is 2.10. The van der Waals surface area contributed by atoms with E-state index in [1.165, 1.54) is 91.9 Å². The quantitative estimate of drug-likeness (QED) is 0.259. The van der Waals surface area contributed by atoms with Gasteiger partial charge in [0.05, 0.1) is 0 Å². The number of hydrogen-bond donors (Lipinski definition) is 2. The number of halogens is 2. The Kier molecular flexibility index (Phi) is 17.2. The molecular weight excluding hydrogens is 783 g/mol. The van der Waals surface area contributed by atoms with E-state index in [4.69, 9.17) is 0 Å². The van der Waals surface area contributed by atoms with Gasteiger partial charge in [0.25, 0.3) is 0 Å². The molecule has 3 saturated carbocycles. The molecule has 0 spiro atoms. The molecule has 1 heterocycles. The van der Waals surface area contributed by atoms with Crippen molar-refractivity contribution in [1.82, 2.24) is 10.6 Å². The Morgan fingerprint density at radius 3 is 1.29 bits per heavy atom. The maximum Gasteiger partial charge on any atom is -1.00 e. The van der Waals surface area contributed by atoms with Crippen LogP contribution in [-0.4, -0.2) is 21.6 Å². The van der Waals surface area contributed by atoms with Crippen molar-refractivity contribution >= 4 is 12.5 Å². The summed E-state index contributed by atoms with van der Waals surface area (Å²) >= 11 is 2.62. The number of aryl methyl sites for hydroxylation is 6. The summed E-state index contributed by atoms with van der Waals surface area (Å²) in [6, 6.07) is 9.62. The number of nitrogens with one attached hydrogen (secondary N) is 2. The normalized spacial score (nSPS) is 22.7. The molecule has 1 saturated heterocycles. The van der Waals surface area contributed by atoms with E-state index in [2.05, 4.69) is 117 Å². The van der Waals surface area contributed by atoms with Gasteiger partial charge < -0.3 is 24.8 Å². The van der Waals surface area contributed by atoms with E-state index in [0.717, 1.165) is 12.2 Å². The first-order chi connectivity index (χ1) is 24.2. The third-order valence-electron chi connectivity index (χ3n) is 12.4. The van der Waals surface area contributed by atoms with Crippen LogP contribution in [0.15, 0.2) is 59.5 Å². The molecule has 2 aromatic carbocycles. The van der Waals surface area contributed by atoms with E-state index < -0.39 is 0 Å². The average Bonchev–Trinajstić information content (AvgIpc) is 3.53. The van der Waals surface area contributed by atoms with Crippen molar-refractivity contribution in [2.45, 2.75) is 173 Å². The van der Waals surface area contributed by atoms with Crippen LogP contribution in [0.3, 0.4) is 0 Å². The van der Waals surface area contributed by atoms with Gasteiger partial charge in [-0.15, -0.1) is 0 Å². The standard InChI is InChI=1S/C28H32N2.C18H33P.2ClH.Ru/c1-16-9-8-10-23(15-16)28-29-26(24-19(4)11-17(2)12-20(24)5)27(30-28)25-21(6)13-18(3)14-22(25)7;1-4-10-16(11-5-1)19(17-12-6-2-7-13-17)18-14-8-3-9-15-18;;;/h1,8-9,11-15,26-27,29-30H,10H2,2-7H3;16-18H,1-15H2;2*1H;/q;;;;+2/p-2. The minimum atomic E-state index is 0. The second kappa shape index (κ2) is 20.6. The van der Waals surface area contributed by atoms with Crippen molar-refractivity contribution in [1.29, 1.82) is 0 Å². The van der Waals surface area contributed by atoms with Crippen LogP contribution in [0.25, 0.3) is 0 Å². The summed E-state index contributed by atoms with van der Waals surface area (Å²) in [6.45, 7) is 13.4. The second-order valence-electron chi connectivity index (χ2n) is 16.4. The zero-order valence-corrected chi connectivity index (χ0v) is 37.0. The molecule has 2 unspecified atom stereocenters. The summed E-state index contributed by atoms with van der Waals surface area (Å²) in [5.74, 6) is 1.16. The fourth-order valence-corrected chi connectivity index (χ4v) is 15.4. The summed E-state index contributed by atoms with van der Waals surface area (Å²) in [6.07, 6.45) is 31.3. The van der Waals surface area contributed by atoms with Crippen molar-refractivity contribution in [2.24, 2.45) is 0 Å². The zero-order valence-electron chi connectivity index (χ0n) is 32.9. The van der Waals surface area contributed by atoms with Gasteiger partial charge in [-0.25, -0.2) is 0 Å². The molecule has 6 heteroatoms. The Balaban J connectivity index is 0.000000248. The van der Waals surface area contributed by atoms with Gasteiger partial charge in [-0.3, -0.25) is 0 Å². The molecular formula is C46H65Cl2N2PRu. The van der Waals surface area contributed by atoms with Gasteiger partial charge in [-0.2, -0.15) is 0 Å². The van der Waals surface area contributed by atoms with Gasteiger partial charge in [0, 0.05) is 0 Å². The minimum Gasteiger partial charge on any atom is -1.00 e. The van der Waals surface area contributed by atoms with Crippen LogP contribution < -0.4 is 35.4 Å². The largest absolute Gasteiger partial charge is 1.00 e. The third kappa shape index (κ3) is 10.5. The van der Waals surface area contributed by atoms with Crippen LogP contribution in [0.4, 0.5) is 0 Å². The van der Waals surface area contributed by atoms with Gasteiger partial charge in [0.2, 0.25) is 0 Å². The van der Waals surface area contributed by atoms with Crippen LogP contribution >= 0.6 is 7.92 Å². The van der Waals surface area contributed by atoms with Crippen molar-refractivity contribution in [2.75, 3.05) is 0 Å². The Morgan fingerprint density at radius 2 is 0.942 bits per heavy atom. The predicted octanol–water partition coefficient (Wildman–Crippen LogP) is 6.43. The van der Waals surface area contributed by atoms with Crippen molar-refractivity contribution in [3.05, 3.63) is 104 Å². The van der Waals surface area contributed by atoms with E-state index in [1.807, 2.05) is 0 Å². The molecule has 1 aliphatic heterocycles. The number of benzene rings is 2. The fourth-order valence-electron chi connectivity index (χ4n) is 10.4. The summed E-state index contributed by atoms with van der Waals surface area (Å²) in [7, 11) is 0.385. The van der Waals surface area contributed by atoms with E-state index in [-0.39, 0.29) is 36.9 Å². The number of allylic oxidation sites excluding steroid dienone is 5. The Hall–Kier alpha value is -1.24. The topological polar surface area (TPSA) is 24.1 Å².